The highest BCUT2D eigenvalue weighted by Crippen LogP contribution is 2.20. The van der Waals surface area contributed by atoms with Gasteiger partial charge in [-0.3, -0.25) is 9.69 Å². The van der Waals surface area contributed by atoms with Crippen molar-refractivity contribution in [2.24, 2.45) is 0 Å². The maximum Gasteiger partial charge on any atom is 0.238 e. The van der Waals surface area contributed by atoms with Crippen LogP contribution in [-0.2, 0) is 4.79 Å². The van der Waals surface area contributed by atoms with Crippen molar-refractivity contribution >= 4 is 11.6 Å². The molecule has 0 aromatic heterocycles. The first-order valence-electron chi connectivity index (χ1n) is 6.87. The Morgan fingerprint density at radius 3 is 3.05 bits per heavy atom. The largest absolute Gasteiger partial charge is 0.497 e. The number of methoxy groups -OCH3 is 1. The zero-order valence-corrected chi connectivity index (χ0v) is 12.1. The summed E-state index contributed by atoms with van der Waals surface area (Å²) in [6, 6.07) is 7.27. The molecule has 110 valence electrons. The van der Waals surface area contributed by atoms with Gasteiger partial charge >= 0.3 is 0 Å². The normalized spacial score (nSPS) is 23.4. The molecule has 1 aromatic rings. The summed E-state index contributed by atoms with van der Waals surface area (Å²) in [6.45, 7) is 3.51. The van der Waals surface area contributed by atoms with Crippen molar-refractivity contribution in [3.8, 4) is 5.75 Å². The zero-order valence-electron chi connectivity index (χ0n) is 12.1. The standard InChI is InChI=1S/C15H22N2O3/c1-15(19)7-4-8-17(11-15)10-14(18)16-12-5-3-6-13(9-12)20-2/h3,5-6,9,19H,4,7-8,10-11H2,1-2H3,(H,16,18). The number of piperidine rings is 1. The number of hydrogen-bond donors (Lipinski definition) is 2. The van der Waals surface area contributed by atoms with Crippen LogP contribution in [0.2, 0.25) is 0 Å². The number of likely N-dealkylation sites (tertiary alicyclic amines) is 1. The van der Waals surface area contributed by atoms with Crippen molar-refractivity contribution in [2.75, 3.05) is 32.1 Å². The molecule has 0 radical (unpaired) electrons. The number of aliphatic hydroxyl groups is 1. The second kappa shape index (κ2) is 6.24. The summed E-state index contributed by atoms with van der Waals surface area (Å²) in [5.74, 6) is 0.639. The fraction of sp³-hybridized carbons (Fsp3) is 0.533. The van der Waals surface area contributed by atoms with Crippen LogP contribution in [0.3, 0.4) is 0 Å². The Morgan fingerprint density at radius 1 is 1.55 bits per heavy atom. The van der Waals surface area contributed by atoms with Crippen molar-refractivity contribution in [1.29, 1.82) is 0 Å². The van der Waals surface area contributed by atoms with Crippen molar-refractivity contribution in [3.63, 3.8) is 0 Å². The van der Waals surface area contributed by atoms with E-state index < -0.39 is 5.60 Å². The minimum atomic E-state index is -0.686. The monoisotopic (exact) mass is 278 g/mol. The lowest BCUT2D eigenvalue weighted by atomic mass is 9.95. The van der Waals surface area contributed by atoms with Crippen LogP contribution >= 0.6 is 0 Å². The van der Waals surface area contributed by atoms with Gasteiger partial charge in [0.2, 0.25) is 5.91 Å². The Balaban J connectivity index is 1.88. The molecule has 1 aliphatic rings. The fourth-order valence-electron chi connectivity index (χ4n) is 2.56. The number of benzene rings is 1. The maximum atomic E-state index is 12.0. The van der Waals surface area contributed by atoms with Crippen LogP contribution in [0.25, 0.3) is 0 Å². The van der Waals surface area contributed by atoms with Gasteiger partial charge in [0.15, 0.2) is 0 Å². The SMILES string of the molecule is COc1cccc(NC(=O)CN2CCCC(C)(O)C2)c1. The smallest absolute Gasteiger partial charge is 0.238 e. The van der Waals surface area contributed by atoms with E-state index in [1.54, 1.807) is 13.2 Å². The van der Waals surface area contributed by atoms with E-state index in [9.17, 15) is 9.90 Å². The molecule has 1 aromatic carbocycles. The number of rotatable bonds is 4. The highest BCUT2D eigenvalue weighted by Gasteiger charge is 2.29. The van der Waals surface area contributed by atoms with E-state index in [1.807, 2.05) is 30.0 Å². The molecule has 0 bridgehead atoms. The third kappa shape index (κ3) is 4.21. The van der Waals surface area contributed by atoms with Crippen LogP contribution in [0.15, 0.2) is 24.3 Å². The third-order valence-corrected chi connectivity index (χ3v) is 3.47. The molecule has 1 aliphatic heterocycles. The number of ether oxygens (including phenoxy) is 1. The van der Waals surface area contributed by atoms with E-state index in [-0.39, 0.29) is 5.91 Å². The highest BCUT2D eigenvalue weighted by molar-refractivity contribution is 5.92. The molecule has 1 unspecified atom stereocenters. The topological polar surface area (TPSA) is 61.8 Å². The number of nitrogens with zero attached hydrogens (tertiary/aromatic N) is 1. The number of β-amino-alcohol motifs (C(OH)–C–C–N with tert-alkyl or cyclic N) is 1. The number of hydrogen-bond acceptors (Lipinski definition) is 4. The first-order valence-corrected chi connectivity index (χ1v) is 6.87. The summed E-state index contributed by atoms with van der Waals surface area (Å²) in [5.41, 5.74) is 0.0345. The van der Waals surface area contributed by atoms with Crippen LogP contribution in [0.4, 0.5) is 5.69 Å². The first-order chi connectivity index (χ1) is 9.48. The van der Waals surface area contributed by atoms with Crippen molar-refractivity contribution in [1.82, 2.24) is 4.90 Å². The van der Waals surface area contributed by atoms with Crippen LogP contribution in [-0.4, -0.2) is 48.3 Å². The van der Waals surface area contributed by atoms with Gasteiger partial charge in [-0.1, -0.05) is 6.07 Å². The van der Waals surface area contributed by atoms with E-state index in [1.165, 1.54) is 0 Å². The van der Waals surface area contributed by atoms with Gasteiger partial charge in [-0.25, -0.2) is 0 Å². The molecule has 20 heavy (non-hydrogen) atoms. The second-order valence-electron chi connectivity index (χ2n) is 5.59. The lowest BCUT2D eigenvalue weighted by Gasteiger charge is -2.36. The van der Waals surface area contributed by atoms with E-state index in [0.29, 0.717) is 18.8 Å². The van der Waals surface area contributed by atoms with Gasteiger partial charge in [0.25, 0.3) is 0 Å². The Kier molecular flexibility index (Phi) is 4.62. The predicted octanol–water partition coefficient (Wildman–Crippen LogP) is 1.48. The average molecular weight is 278 g/mol. The molecule has 1 fully saturated rings. The van der Waals surface area contributed by atoms with E-state index >= 15 is 0 Å². The Labute approximate surface area is 119 Å². The molecule has 0 saturated carbocycles. The predicted molar refractivity (Wildman–Crippen MR) is 77.9 cm³/mol. The first kappa shape index (κ1) is 14.8. The summed E-state index contributed by atoms with van der Waals surface area (Å²) in [4.78, 5) is 14.0. The number of nitrogens with one attached hydrogen (secondary N) is 1. The lowest BCUT2D eigenvalue weighted by Crippen LogP contribution is -2.48. The number of carbonyl (C=O) groups excluding carboxylic acids is 1. The average Bonchev–Trinajstić information content (AvgIpc) is 2.37. The van der Waals surface area contributed by atoms with Crippen LogP contribution in [0, 0.1) is 0 Å². The highest BCUT2D eigenvalue weighted by atomic mass is 16.5. The lowest BCUT2D eigenvalue weighted by molar-refractivity contribution is -0.118. The van der Waals surface area contributed by atoms with E-state index in [4.69, 9.17) is 4.74 Å². The van der Waals surface area contributed by atoms with Crippen molar-refractivity contribution < 1.29 is 14.6 Å². The van der Waals surface area contributed by atoms with Gasteiger partial charge in [-0.05, 0) is 38.4 Å². The molecule has 0 spiro atoms. The number of amides is 1. The molecule has 1 heterocycles. The summed E-state index contributed by atoms with van der Waals surface area (Å²) in [6.07, 6.45) is 1.71. The molecule has 5 heteroatoms. The molecule has 5 nitrogen and oxygen atoms in total. The van der Waals surface area contributed by atoms with E-state index in [2.05, 4.69) is 5.32 Å². The quantitative estimate of drug-likeness (QED) is 0.876. The number of carbonyl (C=O) groups is 1. The zero-order chi connectivity index (χ0) is 14.6. The molecule has 1 saturated heterocycles. The van der Waals surface area contributed by atoms with Crippen LogP contribution in [0.1, 0.15) is 19.8 Å². The van der Waals surface area contributed by atoms with E-state index in [0.717, 1.165) is 25.1 Å². The Bertz CT molecular complexity index is 474. The van der Waals surface area contributed by atoms with Gasteiger partial charge in [0.1, 0.15) is 5.75 Å². The third-order valence-electron chi connectivity index (χ3n) is 3.47. The van der Waals surface area contributed by atoms with Gasteiger partial charge in [-0.15, -0.1) is 0 Å². The summed E-state index contributed by atoms with van der Waals surface area (Å²) < 4.78 is 5.12. The molecule has 2 N–H and O–H groups in total. The van der Waals surface area contributed by atoms with Gasteiger partial charge in [0, 0.05) is 18.3 Å². The van der Waals surface area contributed by atoms with Gasteiger partial charge in [-0.2, -0.15) is 0 Å². The summed E-state index contributed by atoms with van der Waals surface area (Å²) in [5, 5.41) is 12.9. The fourth-order valence-corrected chi connectivity index (χ4v) is 2.56. The van der Waals surface area contributed by atoms with Gasteiger partial charge in [0.05, 0.1) is 19.3 Å². The minimum absolute atomic E-state index is 0.0732. The molecular formula is C15H22N2O3. The molecular weight excluding hydrogens is 256 g/mol. The Hall–Kier alpha value is -1.59. The van der Waals surface area contributed by atoms with Gasteiger partial charge < -0.3 is 15.2 Å². The molecule has 2 rings (SSSR count). The number of anilines is 1. The molecule has 0 aliphatic carbocycles. The molecule has 1 atom stereocenters. The van der Waals surface area contributed by atoms with Crippen molar-refractivity contribution in [2.45, 2.75) is 25.4 Å². The summed E-state index contributed by atoms with van der Waals surface area (Å²) in [7, 11) is 1.59. The Morgan fingerprint density at radius 2 is 2.35 bits per heavy atom. The molecule has 1 amide bonds. The maximum absolute atomic E-state index is 12.0. The van der Waals surface area contributed by atoms with Crippen molar-refractivity contribution in [3.05, 3.63) is 24.3 Å². The van der Waals surface area contributed by atoms with Crippen LogP contribution in [0.5, 0.6) is 5.75 Å². The second-order valence-corrected chi connectivity index (χ2v) is 5.59. The minimum Gasteiger partial charge on any atom is -0.497 e. The summed E-state index contributed by atoms with van der Waals surface area (Å²) >= 11 is 0. The van der Waals surface area contributed by atoms with Crippen LogP contribution < -0.4 is 10.1 Å².